The van der Waals surface area contributed by atoms with Crippen LogP contribution < -0.4 is 0 Å². The lowest BCUT2D eigenvalue weighted by molar-refractivity contribution is 0.0691. The first-order chi connectivity index (χ1) is 10.1. The summed E-state index contributed by atoms with van der Waals surface area (Å²) in [5.41, 5.74) is -0.475. The number of rotatable bonds is 3. The van der Waals surface area contributed by atoms with E-state index in [2.05, 4.69) is 4.98 Å². The zero-order valence-corrected chi connectivity index (χ0v) is 11.9. The number of carboxylic acids is 1. The fraction of sp³-hybridized carbons (Fsp3) is 0. The molecule has 3 aromatic rings. The number of hydrogen-bond acceptors (Lipinski definition) is 4. The molecule has 3 rings (SSSR count). The molecule has 1 aromatic carbocycles. The Morgan fingerprint density at radius 3 is 2.76 bits per heavy atom. The number of benzene rings is 1. The number of aromatic nitrogens is 1. The van der Waals surface area contributed by atoms with Crippen LogP contribution in [0.25, 0.3) is 22.1 Å². The van der Waals surface area contributed by atoms with Gasteiger partial charge in [-0.2, -0.15) is 0 Å². The topological polar surface area (TPSA) is 63.3 Å². The summed E-state index contributed by atoms with van der Waals surface area (Å²) in [5, 5.41) is 11.1. The molecule has 7 heteroatoms. The van der Waals surface area contributed by atoms with Crippen LogP contribution >= 0.6 is 22.9 Å². The molecular weight excluding hydrogens is 317 g/mol. The van der Waals surface area contributed by atoms with Gasteiger partial charge in [0.15, 0.2) is 11.5 Å². The Balaban J connectivity index is 2.25. The molecule has 0 atom stereocenters. The van der Waals surface area contributed by atoms with Crippen molar-refractivity contribution in [3.63, 3.8) is 0 Å². The lowest BCUT2D eigenvalue weighted by Crippen LogP contribution is -2.00. The molecule has 0 radical (unpaired) electrons. The molecule has 2 aromatic heterocycles. The van der Waals surface area contributed by atoms with Gasteiger partial charge in [-0.25, -0.2) is 14.2 Å². The predicted octanol–water partition coefficient (Wildman–Crippen LogP) is 4.56. The average molecular weight is 324 g/mol. The van der Waals surface area contributed by atoms with Gasteiger partial charge in [-0.1, -0.05) is 23.7 Å². The first-order valence-corrected chi connectivity index (χ1v) is 7.06. The molecule has 0 amide bonds. The maximum Gasteiger partial charge on any atom is 0.358 e. The monoisotopic (exact) mass is 323 g/mol. The summed E-state index contributed by atoms with van der Waals surface area (Å²) >= 11 is 7.29. The SMILES string of the molecule is O=C(O)c1nc(-c2cccs2)oc1-c1c(F)cccc1Cl. The van der Waals surface area contributed by atoms with Gasteiger partial charge < -0.3 is 9.52 Å². The van der Waals surface area contributed by atoms with Gasteiger partial charge in [-0.3, -0.25) is 0 Å². The quantitative estimate of drug-likeness (QED) is 0.767. The predicted molar refractivity (Wildman–Crippen MR) is 77.2 cm³/mol. The van der Waals surface area contributed by atoms with Crippen LogP contribution in [0.2, 0.25) is 5.02 Å². The van der Waals surface area contributed by atoms with Crippen LogP contribution in [-0.2, 0) is 0 Å². The molecule has 0 saturated heterocycles. The highest BCUT2D eigenvalue weighted by atomic mass is 35.5. The third kappa shape index (κ3) is 2.43. The zero-order chi connectivity index (χ0) is 15.0. The Kier molecular flexibility index (Phi) is 3.48. The Hall–Kier alpha value is -2.18. The minimum absolute atomic E-state index is 0.0615. The molecule has 21 heavy (non-hydrogen) atoms. The van der Waals surface area contributed by atoms with Crippen molar-refractivity contribution in [2.24, 2.45) is 0 Å². The number of thiophene rings is 1. The second-order valence-corrected chi connectivity index (χ2v) is 5.43. The Bertz CT molecular complexity index is 793. The van der Waals surface area contributed by atoms with Crippen molar-refractivity contribution in [1.82, 2.24) is 4.98 Å². The molecule has 0 bridgehead atoms. The Morgan fingerprint density at radius 2 is 2.14 bits per heavy atom. The van der Waals surface area contributed by atoms with E-state index in [0.717, 1.165) is 0 Å². The Labute approximate surface area is 127 Å². The van der Waals surface area contributed by atoms with Crippen molar-refractivity contribution in [2.75, 3.05) is 0 Å². The van der Waals surface area contributed by atoms with Crippen LogP contribution in [0.1, 0.15) is 10.5 Å². The van der Waals surface area contributed by atoms with Crippen LogP contribution in [0.15, 0.2) is 40.1 Å². The van der Waals surface area contributed by atoms with Crippen LogP contribution in [0.4, 0.5) is 4.39 Å². The normalized spacial score (nSPS) is 10.8. The Morgan fingerprint density at radius 1 is 1.33 bits per heavy atom. The van der Waals surface area contributed by atoms with Crippen LogP contribution in [0, 0.1) is 5.82 Å². The molecular formula is C14H7ClFNO3S. The highest BCUT2D eigenvalue weighted by Crippen LogP contribution is 2.36. The van der Waals surface area contributed by atoms with Gasteiger partial charge in [0.05, 0.1) is 15.5 Å². The molecule has 0 spiro atoms. The van der Waals surface area contributed by atoms with E-state index in [1.807, 2.05) is 0 Å². The minimum atomic E-state index is -1.31. The van der Waals surface area contributed by atoms with Gasteiger partial charge in [-0.15, -0.1) is 11.3 Å². The summed E-state index contributed by atoms with van der Waals surface area (Å²) in [4.78, 5) is 15.9. The molecule has 2 heterocycles. The number of nitrogens with zero attached hydrogens (tertiary/aromatic N) is 1. The molecule has 4 nitrogen and oxygen atoms in total. The van der Waals surface area contributed by atoms with E-state index in [4.69, 9.17) is 16.0 Å². The number of hydrogen-bond donors (Lipinski definition) is 1. The first-order valence-electron chi connectivity index (χ1n) is 5.80. The summed E-state index contributed by atoms with van der Waals surface area (Å²) in [6.07, 6.45) is 0. The molecule has 0 aliphatic carbocycles. The van der Waals surface area contributed by atoms with Crippen molar-refractivity contribution in [2.45, 2.75) is 0 Å². The number of aromatic carboxylic acids is 1. The highest BCUT2D eigenvalue weighted by Gasteiger charge is 2.25. The van der Waals surface area contributed by atoms with E-state index in [1.54, 1.807) is 17.5 Å². The van der Waals surface area contributed by atoms with E-state index in [1.165, 1.54) is 29.5 Å². The van der Waals surface area contributed by atoms with Gasteiger partial charge in [0, 0.05) is 0 Å². The summed E-state index contributed by atoms with van der Waals surface area (Å²) in [6, 6.07) is 7.58. The van der Waals surface area contributed by atoms with Crippen LogP contribution in [0.5, 0.6) is 0 Å². The van der Waals surface area contributed by atoms with Gasteiger partial charge in [0.2, 0.25) is 5.89 Å². The van der Waals surface area contributed by atoms with E-state index < -0.39 is 11.8 Å². The molecule has 1 N–H and O–H groups in total. The summed E-state index contributed by atoms with van der Waals surface area (Å²) in [5.74, 6) is -2.04. The van der Waals surface area contributed by atoms with Crippen molar-refractivity contribution in [3.05, 3.63) is 52.2 Å². The van der Waals surface area contributed by atoms with E-state index in [9.17, 15) is 14.3 Å². The van der Waals surface area contributed by atoms with Crippen LogP contribution in [-0.4, -0.2) is 16.1 Å². The third-order valence-corrected chi connectivity index (χ3v) is 3.92. The average Bonchev–Trinajstić information content (AvgIpc) is 3.07. The number of halogens is 2. The third-order valence-electron chi connectivity index (χ3n) is 2.75. The maximum atomic E-state index is 14.0. The fourth-order valence-corrected chi connectivity index (χ4v) is 2.75. The molecule has 0 unspecified atom stereocenters. The van der Waals surface area contributed by atoms with Crippen molar-refractivity contribution in [3.8, 4) is 22.1 Å². The van der Waals surface area contributed by atoms with Gasteiger partial charge >= 0.3 is 5.97 Å². The molecule has 0 aliphatic heterocycles. The van der Waals surface area contributed by atoms with E-state index in [0.29, 0.717) is 4.88 Å². The van der Waals surface area contributed by atoms with Crippen molar-refractivity contribution >= 4 is 28.9 Å². The number of carboxylic acid groups (broad SMARTS) is 1. The zero-order valence-electron chi connectivity index (χ0n) is 10.3. The van der Waals surface area contributed by atoms with E-state index >= 15 is 0 Å². The lowest BCUT2D eigenvalue weighted by Gasteiger charge is -2.02. The van der Waals surface area contributed by atoms with Crippen molar-refractivity contribution in [1.29, 1.82) is 0 Å². The van der Waals surface area contributed by atoms with Gasteiger partial charge in [0.1, 0.15) is 5.82 Å². The van der Waals surface area contributed by atoms with Crippen LogP contribution in [0.3, 0.4) is 0 Å². The largest absolute Gasteiger partial charge is 0.476 e. The molecule has 0 aliphatic rings. The van der Waals surface area contributed by atoms with E-state index in [-0.39, 0.29) is 27.9 Å². The minimum Gasteiger partial charge on any atom is -0.476 e. The molecule has 106 valence electrons. The van der Waals surface area contributed by atoms with Gasteiger partial charge in [0.25, 0.3) is 0 Å². The van der Waals surface area contributed by atoms with Crippen molar-refractivity contribution < 1.29 is 18.7 Å². The maximum absolute atomic E-state index is 14.0. The fourth-order valence-electron chi connectivity index (χ4n) is 1.85. The summed E-state index contributed by atoms with van der Waals surface area (Å²) < 4.78 is 19.4. The smallest absolute Gasteiger partial charge is 0.358 e. The second kappa shape index (κ2) is 5.31. The summed E-state index contributed by atoms with van der Waals surface area (Å²) in [7, 11) is 0. The van der Waals surface area contributed by atoms with Gasteiger partial charge in [-0.05, 0) is 23.6 Å². The second-order valence-electron chi connectivity index (χ2n) is 4.08. The number of oxazole rings is 1. The summed E-state index contributed by atoms with van der Waals surface area (Å²) in [6.45, 7) is 0. The highest BCUT2D eigenvalue weighted by molar-refractivity contribution is 7.13. The molecule has 0 fully saturated rings. The number of carbonyl (C=O) groups is 1. The first kappa shape index (κ1) is 13.8. The molecule has 0 saturated carbocycles. The standard InChI is InChI=1S/C14H7ClFNO3S/c15-7-3-1-4-8(16)10(7)12-11(14(18)19)17-13(20-12)9-5-2-6-21-9/h1-6H,(H,18,19). The lowest BCUT2D eigenvalue weighted by atomic mass is 10.1.